The molecule has 1 saturated carbocycles. The van der Waals surface area contributed by atoms with Crippen molar-refractivity contribution in [1.82, 2.24) is 4.57 Å². The maximum absolute atomic E-state index is 15.0. The van der Waals surface area contributed by atoms with Crippen molar-refractivity contribution in [3.8, 4) is 0 Å². The summed E-state index contributed by atoms with van der Waals surface area (Å²) in [6.45, 7) is 0.568. The molecular formula is C20H21F2N3O4. The lowest BCUT2D eigenvalue weighted by molar-refractivity contribution is 0.0695. The van der Waals surface area contributed by atoms with E-state index in [2.05, 4.69) is 0 Å². The number of nitrogens with two attached hydrogens (primary N) is 1. The van der Waals surface area contributed by atoms with Crippen LogP contribution in [0.1, 0.15) is 29.2 Å². The molecule has 0 bridgehead atoms. The SMILES string of the molecule is NCC(F)=C1COCCN(c2cc3c(cc2F)c(=O)c(C(=O)O)cn3C2CC2)C1. The first kappa shape index (κ1) is 19.5. The molecule has 3 N–H and O–H groups in total. The van der Waals surface area contributed by atoms with E-state index in [-0.39, 0.29) is 49.0 Å². The molecule has 1 aromatic carbocycles. The Kier molecular flexibility index (Phi) is 5.10. The summed E-state index contributed by atoms with van der Waals surface area (Å²) in [5, 5.41) is 9.36. The molecule has 2 aromatic rings. The Labute approximate surface area is 165 Å². The minimum atomic E-state index is -1.34. The van der Waals surface area contributed by atoms with Crippen molar-refractivity contribution in [3.63, 3.8) is 0 Å². The van der Waals surface area contributed by atoms with E-state index in [0.29, 0.717) is 17.6 Å². The molecule has 0 spiro atoms. The summed E-state index contributed by atoms with van der Waals surface area (Å²) >= 11 is 0. The lowest BCUT2D eigenvalue weighted by Gasteiger charge is -2.24. The van der Waals surface area contributed by atoms with Crippen LogP contribution in [0.2, 0.25) is 0 Å². The highest BCUT2D eigenvalue weighted by Crippen LogP contribution is 2.38. The Morgan fingerprint density at radius 3 is 2.76 bits per heavy atom. The molecule has 1 saturated heterocycles. The maximum atomic E-state index is 15.0. The number of ether oxygens (including phenoxy) is 1. The number of aromatic nitrogens is 1. The third kappa shape index (κ3) is 3.63. The number of nitrogens with zero attached hydrogens (tertiary/aromatic N) is 2. The number of rotatable bonds is 4. The lowest BCUT2D eigenvalue weighted by atomic mass is 10.1. The number of benzene rings is 1. The summed E-state index contributed by atoms with van der Waals surface area (Å²) in [5.41, 5.74) is 5.32. The third-order valence-electron chi connectivity index (χ3n) is 5.34. The van der Waals surface area contributed by atoms with Gasteiger partial charge in [-0.25, -0.2) is 13.6 Å². The fraction of sp³-hybridized carbons (Fsp3) is 0.400. The van der Waals surface area contributed by atoms with Crippen LogP contribution in [0.5, 0.6) is 0 Å². The van der Waals surface area contributed by atoms with Gasteiger partial charge in [-0.05, 0) is 25.0 Å². The van der Waals surface area contributed by atoms with E-state index in [1.807, 2.05) is 0 Å². The quantitative estimate of drug-likeness (QED) is 0.809. The molecule has 29 heavy (non-hydrogen) atoms. The second kappa shape index (κ2) is 7.57. The molecule has 0 amide bonds. The van der Waals surface area contributed by atoms with E-state index in [1.54, 1.807) is 15.5 Å². The van der Waals surface area contributed by atoms with Crippen LogP contribution >= 0.6 is 0 Å². The molecule has 2 aliphatic rings. The van der Waals surface area contributed by atoms with Crippen LogP contribution in [0.4, 0.5) is 14.5 Å². The highest BCUT2D eigenvalue weighted by Gasteiger charge is 2.28. The van der Waals surface area contributed by atoms with Gasteiger partial charge in [-0.15, -0.1) is 0 Å². The molecule has 0 radical (unpaired) electrons. The van der Waals surface area contributed by atoms with Crippen molar-refractivity contribution in [2.75, 3.05) is 37.7 Å². The number of halogens is 2. The standard InChI is InChI=1S/C20H21F2N3O4/c21-15-5-13-17(25(12-1-2-12)9-14(19(13)26)20(27)28)6-18(15)24-3-4-29-10-11(8-24)16(22)7-23/h5-6,9,12H,1-4,7-8,10,23H2,(H,27,28). The average Bonchev–Trinajstić information content (AvgIpc) is 3.54. The largest absolute Gasteiger partial charge is 0.477 e. The molecule has 2 fully saturated rings. The molecule has 0 unspecified atom stereocenters. The van der Waals surface area contributed by atoms with Crippen LogP contribution in [0, 0.1) is 5.82 Å². The summed E-state index contributed by atoms with van der Waals surface area (Å²) in [5.74, 6) is -2.50. The van der Waals surface area contributed by atoms with Gasteiger partial charge in [0, 0.05) is 42.8 Å². The number of hydrogen-bond donors (Lipinski definition) is 2. The first-order chi connectivity index (χ1) is 13.9. The molecule has 0 atom stereocenters. The molecule has 154 valence electrons. The fourth-order valence-electron chi connectivity index (χ4n) is 3.65. The minimum Gasteiger partial charge on any atom is -0.477 e. The predicted molar refractivity (Wildman–Crippen MR) is 104 cm³/mol. The zero-order valence-corrected chi connectivity index (χ0v) is 15.7. The molecule has 1 aliphatic carbocycles. The second-order valence-electron chi connectivity index (χ2n) is 7.32. The summed E-state index contributed by atoms with van der Waals surface area (Å²) < 4.78 is 36.2. The molecule has 1 aromatic heterocycles. The van der Waals surface area contributed by atoms with Crippen LogP contribution in [0.25, 0.3) is 10.9 Å². The van der Waals surface area contributed by atoms with Crippen LogP contribution in [0.3, 0.4) is 0 Å². The van der Waals surface area contributed by atoms with E-state index in [1.165, 1.54) is 6.20 Å². The van der Waals surface area contributed by atoms with E-state index in [0.717, 1.165) is 18.9 Å². The Morgan fingerprint density at radius 1 is 1.34 bits per heavy atom. The predicted octanol–water partition coefficient (Wildman–Crippen LogP) is 2.19. The van der Waals surface area contributed by atoms with E-state index >= 15 is 0 Å². The third-order valence-corrected chi connectivity index (χ3v) is 5.34. The van der Waals surface area contributed by atoms with Gasteiger partial charge < -0.3 is 25.0 Å². The number of carbonyl (C=O) groups is 1. The Balaban J connectivity index is 1.87. The van der Waals surface area contributed by atoms with Crippen molar-refractivity contribution in [2.45, 2.75) is 18.9 Å². The Morgan fingerprint density at radius 2 is 2.10 bits per heavy atom. The fourth-order valence-corrected chi connectivity index (χ4v) is 3.65. The van der Waals surface area contributed by atoms with Gasteiger partial charge in [0.1, 0.15) is 17.2 Å². The molecule has 9 heteroatoms. The second-order valence-corrected chi connectivity index (χ2v) is 7.32. The number of anilines is 1. The first-order valence-electron chi connectivity index (χ1n) is 9.41. The van der Waals surface area contributed by atoms with Gasteiger partial charge in [-0.3, -0.25) is 4.79 Å². The van der Waals surface area contributed by atoms with E-state index < -0.39 is 23.0 Å². The smallest absolute Gasteiger partial charge is 0.341 e. The van der Waals surface area contributed by atoms with Gasteiger partial charge in [-0.1, -0.05) is 0 Å². The zero-order chi connectivity index (χ0) is 20.7. The highest BCUT2D eigenvalue weighted by molar-refractivity contribution is 5.93. The molecule has 1 aliphatic heterocycles. The van der Waals surface area contributed by atoms with E-state index in [4.69, 9.17) is 10.5 Å². The summed E-state index contributed by atoms with van der Waals surface area (Å²) in [4.78, 5) is 25.7. The highest BCUT2D eigenvalue weighted by atomic mass is 19.1. The molecule has 2 heterocycles. The number of carboxylic acid groups (broad SMARTS) is 1. The van der Waals surface area contributed by atoms with Crippen LogP contribution < -0.4 is 16.1 Å². The zero-order valence-electron chi connectivity index (χ0n) is 15.7. The van der Waals surface area contributed by atoms with Crippen molar-refractivity contribution in [3.05, 3.63) is 51.3 Å². The van der Waals surface area contributed by atoms with Crippen LogP contribution in [-0.4, -0.2) is 48.5 Å². The van der Waals surface area contributed by atoms with Crippen LogP contribution in [-0.2, 0) is 4.74 Å². The first-order valence-corrected chi connectivity index (χ1v) is 9.41. The number of pyridine rings is 1. The van der Waals surface area contributed by atoms with Gasteiger partial charge in [0.25, 0.3) is 0 Å². The molecular weight excluding hydrogens is 384 g/mol. The van der Waals surface area contributed by atoms with Crippen LogP contribution in [0.15, 0.2) is 34.5 Å². The molecule has 7 nitrogen and oxygen atoms in total. The lowest BCUT2D eigenvalue weighted by Crippen LogP contribution is -2.29. The summed E-state index contributed by atoms with van der Waals surface area (Å²) in [6.07, 6.45) is 3.04. The number of aromatic carboxylic acids is 1. The van der Waals surface area contributed by atoms with E-state index in [9.17, 15) is 23.5 Å². The van der Waals surface area contributed by atoms with Gasteiger partial charge in [0.05, 0.1) is 24.4 Å². The molecule has 4 rings (SSSR count). The van der Waals surface area contributed by atoms with Crippen molar-refractivity contribution in [1.29, 1.82) is 0 Å². The van der Waals surface area contributed by atoms with Gasteiger partial charge in [0.2, 0.25) is 5.43 Å². The maximum Gasteiger partial charge on any atom is 0.341 e. The summed E-state index contributed by atoms with van der Waals surface area (Å²) in [7, 11) is 0. The van der Waals surface area contributed by atoms with Gasteiger partial charge >= 0.3 is 5.97 Å². The number of carboxylic acids is 1. The Hall–Kier alpha value is -2.78. The minimum absolute atomic E-state index is 0.0213. The number of fused-ring (bicyclic) bond motifs is 1. The van der Waals surface area contributed by atoms with Crippen molar-refractivity contribution in [2.24, 2.45) is 5.73 Å². The van der Waals surface area contributed by atoms with Gasteiger partial charge in [-0.2, -0.15) is 0 Å². The van der Waals surface area contributed by atoms with Crippen molar-refractivity contribution < 1.29 is 23.4 Å². The topological polar surface area (TPSA) is 97.8 Å². The van der Waals surface area contributed by atoms with Crippen molar-refractivity contribution >= 4 is 22.6 Å². The monoisotopic (exact) mass is 405 g/mol. The Bertz CT molecular complexity index is 1080. The van der Waals surface area contributed by atoms with Gasteiger partial charge in [0.15, 0.2) is 0 Å². The number of hydrogen-bond acceptors (Lipinski definition) is 5. The normalized spacial score (nSPS) is 19.3. The average molecular weight is 405 g/mol. The summed E-state index contributed by atoms with van der Waals surface area (Å²) in [6, 6.07) is 2.69.